The van der Waals surface area contributed by atoms with Gasteiger partial charge in [0, 0.05) is 38.4 Å². The fraction of sp³-hybridized carbons (Fsp3) is 0.259. The van der Waals surface area contributed by atoms with Crippen molar-refractivity contribution in [1.29, 1.82) is 0 Å². The summed E-state index contributed by atoms with van der Waals surface area (Å²) in [6.45, 7) is 11.7. The molecule has 11 heteroatoms. The van der Waals surface area contributed by atoms with Gasteiger partial charge in [0.1, 0.15) is 11.6 Å². The third kappa shape index (κ3) is 6.32. The van der Waals surface area contributed by atoms with Crippen LogP contribution in [-0.4, -0.2) is 55.5 Å². The van der Waals surface area contributed by atoms with E-state index in [1.807, 2.05) is 18.2 Å². The third-order valence-electron chi connectivity index (χ3n) is 6.37. The first-order valence-corrected chi connectivity index (χ1v) is 14.0. The highest BCUT2D eigenvalue weighted by molar-refractivity contribution is 7.89. The Labute approximate surface area is 227 Å². The molecule has 4 rings (SSSR count). The molecule has 1 aliphatic rings. The van der Waals surface area contributed by atoms with Crippen molar-refractivity contribution in [1.82, 2.24) is 19.6 Å². The second-order valence-electron chi connectivity index (χ2n) is 9.19. The molecule has 8 nitrogen and oxygen atoms in total. The quantitative estimate of drug-likeness (QED) is 0.400. The van der Waals surface area contributed by atoms with E-state index in [0.29, 0.717) is 22.7 Å². The molecule has 0 aliphatic carbocycles. The van der Waals surface area contributed by atoms with Crippen LogP contribution in [0.5, 0.6) is 0 Å². The lowest BCUT2D eigenvalue weighted by molar-refractivity contribution is 0.209. The zero-order chi connectivity index (χ0) is 27.4. The Morgan fingerprint density at radius 1 is 1.13 bits per heavy atom. The van der Waals surface area contributed by atoms with Gasteiger partial charge in [0.05, 0.1) is 32.9 Å². The van der Waals surface area contributed by atoms with Crippen LogP contribution in [0.3, 0.4) is 0 Å². The lowest BCUT2D eigenvalue weighted by Crippen LogP contribution is -2.49. The summed E-state index contributed by atoms with van der Waals surface area (Å²) in [5, 5.41) is -0.0431. The standard InChI is InChI=1S/C27H30ClFN6O2S/c1-18(2)34-10-12-35(13-11-34)27-17-31-24-9-4-20(14-26(24)32-27)21(16-30)15-25(19(3)28)33-38(36,37)23-7-5-22(29)6-8-23/h4-9,14-18,33H,3,10-13,30H2,1-2H3/b21-16+,25-15+. The van der Waals surface area contributed by atoms with Gasteiger partial charge in [-0.2, -0.15) is 0 Å². The molecule has 1 saturated heterocycles. The van der Waals surface area contributed by atoms with E-state index in [1.165, 1.54) is 12.3 Å². The van der Waals surface area contributed by atoms with Crippen molar-refractivity contribution in [3.05, 3.63) is 89.6 Å². The van der Waals surface area contributed by atoms with Gasteiger partial charge in [0.2, 0.25) is 0 Å². The molecule has 2 aromatic carbocycles. The second-order valence-corrected chi connectivity index (χ2v) is 11.3. The number of nitrogens with zero attached hydrogens (tertiary/aromatic N) is 4. The molecule has 3 N–H and O–H groups in total. The number of allylic oxidation sites excluding steroid dienone is 3. The van der Waals surface area contributed by atoms with Gasteiger partial charge in [0.15, 0.2) is 0 Å². The number of rotatable bonds is 8. The smallest absolute Gasteiger partial charge is 0.261 e. The van der Waals surface area contributed by atoms with E-state index in [2.05, 4.69) is 39.9 Å². The SMILES string of the molecule is C=C(Cl)/C(=C\C(=C/N)c1ccc2ncc(N3CCN(C(C)C)CC3)nc2c1)NS(=O)(=O)c1ccc(F)cc1. The zero-order valence-electron chi connectivity index (χ0n) is 21.2. The Bertz CT molecular complexity index is 1500. The minimum atomic E-state index is -4.05. The van der Waals surface area contributed by atoms with Gasteiger partial charge in [-0.25, -0.2) is 17.8 Å². The molecule has 1 aliphatic heterocycles. The second kappa shape index (κ2) is 11.5. The number of hydrogen-bond acceptors (Lipinski definition) is 7. The zero-order valence-corrected chi connectivity index (χ0v) is 22.8. The topological polar surface area (TPSA) is 104 Å². The number of aromatic nitrogens is 2. The monoisotopic (exact) mass is 556 g/mol. The molecule has 0 bridgehead atoms. The van der Waals surface area contributed by atoms with Crippen molar-refractivity contribution in [2.75, 3.05) is 31.1 Å². The summed E-state index contributed by atoms with van der Waals surface area (Å²) in [5.41, 5.74) is 8.52. The highest BCUT2D eigenvalue weighted by Crippen LogP contribution is 2.25. The molecule has 38 heavy (non-hydrogen) atoms. The largest absolute Gasteiger partial charge is 0.404 e. The number of anilines is 1. The Morgan fingerprint density at radius 3 is 2.42 bits per heavy atom. The van der Waals surface area contributed by atoms with Crippen LogP contribution in [0.2, 0.25) is 0 Å². The fourth-order valence-electron chi connectivity index (χ4n) is 4.16. The van der Waals surface area contributed by atoms with E-state index in [0.717, 1.165) is 61.8 Å². The average Bonchev–Trinajstić information content (AvgIpc) is 2.90. The molecule has 1 aromatic heterocycles. The number of fused-ring (bicyclic) bond motifs is 1. The normalized spacial score (nSPS) is 15.8. The molecule has 1 fully saturated rings. The van der Waals surface area contributed by atoms with Crippen LogP contribution in [0.25, 0.3) is 16.6 Å². The lowest BCUT2D eigenvalue weighted by Gasteiger charge is -2.37. The Kier molecular flexibility index (Phi) is 8.35. The Hall–Kier alpha value is -3.47. The van der Waals surface area contributed by atoms with Crippen molar-refractivity contribution >= 4 is 44.0 Å². The van der Waals surface area contributed by atoms with Crippen LogP contribution in [0.1, 0.15) is 19.4 Å². The molecule has 2 heterocycles. The van der Waals surface area contributed by atoms with Gasteiger partial charge in [-0.3, -0.25) is 14.6 Å². The highest BCUT2D eigenvalue weighted by Gasteiger charge is 2.21. The van der Waals surface area contributed by atoms with E-state index in [-0.39, 0.29) is 15.6 Å². The van der Waals surface area contributed by atoms with E-state index < -0.39 is 15.8 Å². The van der Waals surface area contributed by atoms with E-state index in [9.17, 15) is 12.8 Å². The van der Waals surface area contributed by atoms with Gasteiger partial charge in [-0.05, 0) is 67.5 Å². The van der Waals surface area contributed by atoms with Gasteiger partial charge in [0.25, 0.3) is 10.0 Å². The van der Waals surface area contributed by atoms with Gasteiger partial charge >= 0.3 is 0 Å². The Morgan fingerprint density at radius 2 is 1.82 bits per heavy atom. The molecule has 0 saturated carbocycles. The predicted octanol–water partition coefficient (Wildman–Crippen LogP) is 4.21. The number of halogens is 2. The molecule has 0 atom stereocenters. The number of piperazine rings is 1. The van der Waals surface area contributed by atoms with Crippen LogP contribution in [0.4, 0.5) is 10.2 Å². The maximum atomic E-state index is 13.3. The van der Waals surface area contributed by atoms with Crippen LogP contribution in [-0.2, 0) is 10.0 Å². The maximum Gasteiger partial charge on any atom is 0.261 e. The molecule has 0 spiro atoms. The molecule has 200 valence electrons. The Balaban J connectivity index is 1.61. The summed E-state index contributed by atoms with van der Waals surface area (Å²) in [6, 6.07) is 10.4. The maximum absolute atomic E-state index is 13.3. The molecule has 0 radical (unpaired) electrons. The predicted molar refractivity (Wildman–Crippen MR) is 150 cm³/mol. The minimum absolute atomic E-state index is 0.0237. The van der Waals surface area contributed by atoms with Crippen LogP contribution in [0, 0.1) is 5.82 Å². The highest BCUT2D eigenvalue weighted by atomic mass is 35.5. The molecular formula is C27H30ClFN6O2S. The molecular weight excluding hydrogens is 527 g/mol. The van der Waals surface area contributed by atoms with Crippen LogP contribution < -0.4 is 15.4 Å². The third-order valence-corrected chi connectivity index (χ3v) is 7.96. The van der Waals surface area contributed by atoms with E-state index in [4.69, 9.17) is 22.3 Å². The minimum Gasteiger partial charge on any atom is -0.404 e. The first kappa shape index (κ1) is 27.6. The summed E-state index contributed by atoms with van der Waals surface area (Å²) in [5.74, 6) is 0.254. The first-order valence-electron chi connectivity index (χ1n) is 12.1. The summed E-state index contributed by atoms with van der Waals surface area (Å²) >= 11 is 6.13. The van der Waals surface area contributed by atoms with Crippen molar-refractivity contribution in [3.63, 3.8) is 0 Å². The lowest BCUT2D eigenvalue weighted by atomic mass is 10.0. The van der Waals surface area contributed by atoms with Crippen molar-refractivity contribution in [3.8, 4) is 0 Å². The van der Waals surface area contributed by atoms with Crippen LogP contribution in [0.15, 0.2) is 83.1 Å². The first-order chi connectivity index (χ1) is 18.1. The van der Waals surface area contributed by atoms with E-state index >= 15 is 0 Å². The number of benzene rings is 2. The fourth-order valence-corrected chi connectivity index (χ4v) is 5.41. The summed E-state index contributed by atoms with van der Waals surface area (Å²) in [7, 11) is -4.05. The summed E-state index contributed by atoms with van der Waals surface area (Å²) in [6.07, 6.45) is 4.61. The number of nitrogens with one attached hydrogen (secondary N) is 1. The van der Waals surface area contributed by atoms with Crippen LogP contribution >= 0.6 is 11.6 Å². The average molecular weight is 557 g/mol. The molecule has 3 aromatic rings. The van der Waals surface area contributed by atoms with Gasteiger partial charge in [-0.1, -0.05) is 24.2 Å². The molecule has 0 amide bonds. The number of sulfonamides is 1. The van der Waals surface area contributed by atoms with Gasteiger partial charge < -0.3 is 10.6 Å². The molecule has 0 unspecified atom stereocenters. The van der Waals surface area contributed by atoms with Crippen molar-refractivity contribution < 1.29 is 12.8 Å². The van der Waals surface area contributed by atoms with Crippen molar-refractivity contribution in [2.45, 2.75) is 24.8 Å². The summed E-state index contributed by atoms with van der Waals surface area (Å²) < 4.78 is 41.3. The number of hydrogen-bond donors (Lipinski definition) is 2. The van der Waals surface area contributed by atoms with Gasteiger partial charge in [-0.15, -0.1) is 0 Å². The van der Waals surface area contributed by atoms with Crippen molar-refractivity contribution in [2.24, 2.45) is 5.73 Å². The van der Waals surface area contributed by atoms with E-state index in [1.54, 1.807) is 6.20 Å². The number of nitrogens with two attached hydrogens (primary N) is 1. The summed E-state index contributed by atoms with van der Waals surface area (Å²) in [4.78, 5) is 13.9.